The second-order valence-corrected chi connectivity index (χ2v) is 2.71. The Morgan fingerprint density at radius 1 is 1.78 bits per heavy atom. The van der Waals surface area contributed by atoms with Crippen LogP contribution < -0.4 is 5.32 Å². The van der Waals surface area contributed by atoms with Gasteiger partial charge in [-0.15, -0.1) is 0 Å². The maximum Gasteiger partial charge on any atom is 0.136 e. The Bertz CT molecular complexity index is 99.1. The highest BCUT2D eigenvalue weighted by Gasteiger charge is 2.24. The predicted octanol–water partition coefficient (Wildman–Crippen LogP) is 0.573. The number of hydrogen-bond acceptors (Lipinski definition) is 2. The summed E-state index contributed by atoms with van der Waals surface area (Å²) in [6.45, 7) is 0. The third kappa shape index (κ3) is 2.14. The van der Waals surface area contributed by atoms with Crippen molar-refractivity contribution in [1.29, 1.82) is 0 Å². The summed E-state index contributed by atoms with van der Waals surface area (Å²) in [4.78, 5) is 10.2. The zero-order chi connectivity index (χ0) is 6.69. The summed E-state index contributed by atoms with van der Waals surface area (Å²) in [5, 5.41) is 2.96. The van der Waals surface area contributed by atoms with E-state index in [9.17, 15) is 4.79 Å². The van der Waals surface area contributed by atoms with E-state index in [1.807, 2.05) is 7.05 Å². The van der Waals surface area contributed by atoms with Crippen LogP contribution in [0.3, 0.4) is 0 Å². The molecule has 0 aromatic carbocycles. The van der Waals surface area contributed by atoms with Crippen molar-refractivity contribution < 1.29 is 4.79 Å². The van der Waals surface area contributed by atoms with E-state index in [1.54, 1.807) is 0 Å². The fourth-order valence-electron chi connectivity index (χ4n) is 0.954. The molecule has 0 aliphatic heterocycles. The molecule has 1 atom stereocenters. The summed E-state index contributed by atoms with van der Waals surface area (Å²) in [7, 11) is 1.83. The number of nitrogens with one attached hydrogen (secondary N) is 1. The van der Waals surface area contributed by atoms with Gasteiger partial charge in [-0.2, -0.15) is 0 Å². The molecule has 0 aromatic rings. The van der Waals surface area contributed by atoms with Crippen molar-refractivity contribution in [1.82, 2.24) is 5.32 Å². The van der Waals surface area contributed by atoms with E-state index in [-0.39, 0.29) is 6.04 Å². The maximum atomic E-state index is 10.2. The van der Waals surface area contributed by atoms with Gasteiger partial charge in [-0.3, -0.25) is 0 Å². The molecular formula is C7H13NO. The van der Waals surface area contributed by atoms with E-state index < -0.39 is 0 Å². The number of hydrogen-bond donors (Lipinski definition) is 1. The molecule has 2 nitrogen and oxygen atoms in total. The topological polar surface area (TPSA) is 29.1 Å². The molecule has 1 rings (SSSR count). The molecular weight excluding hydrogens is 114 g/mol. The first-order chi connectivity index (χ1) is 4.36. The highest BCUT2D eigenvalue weighted by atomic mass is 16.1. The highest BCUT2D eigenvalue weighted by molar-refractivity contribution is 5.57. The first-order valence-electron chi connectivity index (χ1n) is 3.49. The van der Waals surface area contributed by atoms with Crippen molar-refractivity contribution in [3.8, 4) is 0 Å². The van der Waals surface area contributed by atoms with Crippen LogP contribution in [0.1, 0.15) is 19.3 Å². The van der Waals surface area contributed by atoms with Crippen LogP contribution in [0.25, 0.3) is 0 Å². The van der Waals surface area contributed by atoms with E-state index in [0.717, 1.165) is 18.6 Å². The Morgan fingerprint density at radius 2 is 2.44 bits per heavy atom. The zero-order valence-electron chi connectivity index (χ0n) is 5.76. The highest BCUT2D eigenvalue weighted by Crippen LogP contribution is 2.32. The monoisotopic (exact) mass is 127 g/mol. The Hall–Kier alpha value is -0.370. The fraction of sp³-hybridized carbons (Fsp3) is 0.857. The van der Waals surface area contributed by atoms with Gasteiger partial charge in [-0.1, -0.05) is 12.8 Å². The summed E-state index contributed by atoms with van der Waals surface area (Å²) in [6, 6.07) is 0.109. The lowest BCUT2D eigenvalue weighted by molar-refractivity contribution is -0.109. The minimum absolute atomic E-state index is 0.109. The SMILES string of the molecule is CN[C@H](C=O)CC1CC1. The van der Waals surface area contributed by atoms with Gasteiger partial charge in [0.2, 0.25) is 0 Å². The molecule has 0 amide bonds. The summed E-state index contributed by atoms with van der Waals surface area (Å²) >= 11 is 0. The van der Waals surface area contributed by atoms with Crippen molar-refractivity contribution in [2.45, 2.75) is 25.3 Å². The summed E-state index contributed by atoms with van der Waals surface area (Å²) in [6.07, 6.45) is 4.69. The van der Waals surface area contributed by atoms with E-state index in [0.29, 0.717) is 0 Å². The third-order valence-corrected chi connectivity index (χ3v) is 1.82. The van der Waals surface area contributed by atoms with Gasteiger partial charge in [0.1, 0.15) is 6.29 Å². The summed E-state index contributed by atoms with van der Waals surface area (Å²) in [5.74, 6) is 0.840. The van der Waals surface area contributed by atoms with Crippen molar-refractivity contribution in [2.24, 2.45) is 5.92 Å². The van der Waals surface area contributed by atoms with Gasteiger partial charge in [0.25, 0.3) is 0 Å². The Kier molecular flexibility index (Phi) is 2.22. The van der Waals surface area contributed by atoms with Gasteiger partial charge in [0.15, 0.2) is 0 Å². The second-order valence-electron chi connectivity index (χ2n) is 2.71. The Morgan fingerprint density at radius 3 is 2.78 bits per heavy atom. The first-order valence-corrected chi connectivity index (χ1v) is 3.49. The molecule has 52 valence electrons. The van der Waals surface area contributed by atoms with Crippen LogP contribution in [0, 0.1) is 5.92 Å². The van der Waals surface area contributed by atoms with Crippen LogP contribution in [0.5, 0.6) is 0 Å². The van der Waals surface area contributed by atoms with Gasteiger partial charge in [-0.05, 0) is 19.4 Å². The number of carbonyl (C=O) groups is 1. The molecule has 0 unspecified atom stereocenters. The number of likely N-dealkylation sites (N-methyl/N-ethyl adjacent to an activating group) is 1. The van der Waals surface area contributed by atoms with Crippen molar-refractivity contribution in [3.63, 3.8) is 0 Å². The normalized spacial score (nSPS) is 21.4. The minimum atomic E-state index is 0.109. The molecule has 0 bridgehead atoms. The average molecular weight is 127 g/mol. The predicted molar refractivity (Wildman–Crippen MR) is 36.3 cm³/mol. The first kappa shape index (κ1) is 6.75. The largest absolute Gasteiger partial charge is 0.311 e. The van der Waals surface area contributed by atoms with Crippen molar-refractivity contribution >= 4 is 6.29 Å². The molecule has 1 saturated carbocycles. The standard InChI is InChI=1S/C7H13NO/c1-8-7(5-9)4-6-2-3-6/h5-8H,2-4H2,1H3/t7-/m0/s1. The lowest BCUT2D eigenvalue weighted by Gasteiger charge is -2.05. The molecule has 0 aromatic heterocycles. The third-order valence-electron chi connectivity index (χ3n) is 1.82. The number of carbonyl (C=O) groups excluding carboxylic acids is 1. The summed E-state index contributed by atoms with van der Waals surface area (Å²) in [5.41, 5.74) is 0. The van der Waals surface area contributed by atoms with Gasteiger partial charge in [0.05, 0.1) is 6.04 Å². The van der Waals surface area contributed by atoms with Gasteiger partial charge in [0, 0.05) is 0 Å². The fourth-order valence-corrected chi connectivity index (χ4v) is 0.954. The zero-order valence-corrected chi connectivity index (χ0v) is 5.76. The number of aldehydes is 1. The molecule has 2 heteroatoms. The van der Waals surface area contributed by atoms with Crippen LogP contribution in [-0.2, 0) is 4.79 Å². The minimum Gasteiger partial charge on any atom is -0.311 e. The van der Waals surface area contributed by atoms with Crippen molar-refractivity contribution in [3.05, 3.63) is 0 Å². The molecule has 9 heavy (non-hydrogen) atoms. The van der Waals surface area contributed by atoms with Gasteiger partial charge < -0.3 is 10.1 Å². The van der Waals surface area contributed by atoms with E-state index >= 15 is 0 Å². The lowest BCUT2D eigenvalue weighted by Crippen LogP contribution is -2.26. The van der Waals surface area contributed by atoms with Gasteiger partial charge >= 0.3 is 0 Å². The second kappa shape index (κ2) is 2.97. The smallest absolute Gasteiger partial charge is 0.136 e. The molecule has 0 saturated heterocycles. The van der Waals surface area contributed by atoms with Gasteiger partial charge in [-0.25, -0.2) is 0 Å². The molecule has 1 fully saturated rings. The quantitative estimate of drug-likeness (QED) is 0.559. The molecule has 1 aliphatic rings. The van der Waals surface area contributed by atoms with E-state index in [1.165, 1.54) is 12.8 Å². The molecule has 1 aliphatic carbocycles. The van der Waals surface area contributed by atoms with Crippen molar-refractivity contribution in [2.75, 3.05) is 7.05 Å². The average Bonchev–Trinajstić information content (AvgIpc) is 2.66. The van der Waals surface area contributed by atoms with Crippen LogP contribution in [0.15, 0.2) is 0 Å². The summed E-state index contributed by atoms with van der Waals surface area (Å²) < 4.78 is 0. The molecule has 0 radical (unpaired) electrons. The molecule has 0 heterocycles. The van der Waals surface area contributed by atoms with Crippen LogP contribution in [0.2, 0.25) is 0 Å². The number of rotatable bonds is 4. The Labute approximate surface area is 55.6 Å². The molecule has 0 spiro atoms. The Balaban J connectivity index is 2.12. The van der Waals surface area contributed by atoms with Crippen LogP contribution in [-0.4, -0.2) is 19.4 Å². The van der Waals surface area contributed by atoms with Crippen LogP contribution >= 0.6 is 0 Å². The maximum absolute atomic E-state index is 10.2. The van der Waals surface area contributed by atoms with Crippen LogP contribution in [0.4, 0.5) is 0 Å². The molecule has 1 N–H and O–H groups in total. The van der Waals surface area contributed by atoms with E-state index in [2.05, 4.69) is 5.32 Å². The van der Waals surface area contributed by atoms with E-state index in [4.69, 9.17) is 0 Å². The lowest BCUT2D eigenvalue weighted by atomic mass is 10.2.